The van der Waals surface area contributed by atoms with Gasteiger partial charge in [0.1, 0.15) is 11.6 Å². The van der Waals surface area contributed by atoms with Gasteiger partial charge in [0.2, 0.25) is 0 Å². The zero-order valence-electron chi connectivity index (χ0n) is 8.34. The number of hydrogen-bond acceptors (Lipinski definition) is 2. The van der Waals surface area contributed by atoms with Crippen molar-refractivity contribution in [3.05, 3.63) is 35.4 Å². The highest BCUT2D eigenvalue weighted by atomic mass is 32.2. The van der Waals surface area contributed by atoms with Crippen molar-refractivity contribution in [2.75, 3.05) is 5.75 Å². The lowest BCUT2D eigenvalue weighted by Gasteiger charge is -2.01. The lowest BCUT2D eigenvalue weighted by Crippen LogP contribution is -1.97. The van der Waals surface area contributed by atoms with Gasteiger partial charge in [-0.05, 0) is 24.6 Å². The number of aliphatic imine (C=N–C) groups is 1. The van der Waals surface area contributed by atoms with Crippen molar-refractivity contribution in [3.8, 4) is 0 Å². The zero-order chi connectivity index (χ0) is 10.8. The molecule has 0 spiro atoms. The van der Waals surface area contributed by atoms with Gasteiger partial charge in [-0.15, -0.1) is 11.8 Å². The van der Waals surface area contributed by atoms with Crippen molar-refractivity contribution in [2.45, 2.75) is 19.4 Å². The molecule has 1 heterocycles. The summed E-state index contributed by atoms with van der Waals surface area (Å²) >= 11 is 1.66. The standard InChI is InChI=1S/C11H11F2NS/c1-7-6-15-11(14-7)4-8-2-9(12)5-10(13)3-8/h2-3,5,7H,4,6H2,1H3. The first-order valence-corrected chi connectivity index (χ1v) is 5.76. The minimum absolute atomic E-state index is 0.323. The molecule has 0 fully saturated rings. The normalized spacial score (nSPS) is 20.5. The summed E-state index contributed by atoms with van der Waals surface area (Å²) in [6, 6.07) is 3.92. The van der Waals surface area contributed by atoms with Crippen molar-refractivity contribution in [3.63, 3.8) is 0 Å². The van der Waals surface area contributed by atoms with Crippen LogP contribution in [0.1, 0.15) is 12.5 Å². The summed E-state index contributed by atoms with van der Waals surface area (Å²) in [6.07, 6.45) is 0.531. The van der Waals surface area contributed by atoms with E-state index in [9.17, 15) is 8.78 Å². The second-order valence-corrected chi connectivity index (χ2v) is 4.73. The van der Waals surface area contributed by atoms with Crippen LogP contribution in [0.3, 0.4) is 0 Å². The molecule has 1 aliphatic heterocycles. The molecule has 15 heavy (non-hydrogen) atoms. The number of hydrogen-bond donors (Lipinski definition) is 0. The Bertz CT molecular complexity index is 383. The first-order chi connectivity index (χ1) is 7.13. The number of halogens is 2. The second-order valence-electron chi connectivity index (χ2n) is 3.64. The van der Waals surface area contributed by atoms with Crippen molar-refractivity contribution < 1.29 is 8.78 Å². The lowest BCUT2D eigenvalue weighted by atomic mass is 10.1. The van der Waals surface area contributed by atoms with Gasteiger partial charge in [0.15, 0.2) is 0 Å². The Hall–Kier alpha value is -0.900. The van der Waals surface area contributed by atoms with E-state index >= 15 is 0 Å². The molecule has 1 aromatic rings. The van der Waals surface area contributed by atoms with Gasteiger partial charge >= 0.3 is 0 Å². The number of rotatable bonds is 2. The van der Waals surface area contributed by atoms with E-state index in [2.05, 4.69) is 4.99 Å². The topological polar surface area (TPSA) is 12.4 Å². The lowest BCUT2D eigenvalue weighted by molar-refractivity contribution is 0.581. The molecule has 80 valence electrons. The average molecular weight is 227 g/mol. The van der Waals surface area contributed by atoms with Crippen LogP contribution in [0.2, 0.25) is 0 Å². The molecule has 0 saturated heterocycles. The molecule has 0 amide bonds. The summed E-state index contributed by atoms with van der Waals surface area (Å²) in [5.74, 6) is -0.0871. The third-order valence-electron chi connectivity index (χ3n) is 2.13. The molecule has 0 bridgehead atoms. The van der Waals surface area contributed by atoms with Gasteiger partial charge in [0.25, 0.3) is 0 Å². The Morgan fingerprint density at radius 1 is 1.33 bits per heavy atom. The maximum atomic E-state index is 12.9. The van der Waals surface area contributed by atoms with Crippen LogP contribution in [0.4, 0.5) is 8.78 Å². The molecule has 1 aromatic carbocycles. The van der Waals surface area contributed by atoms with Crippen LogP contribution < -0.4 is 0 Å². The Labute approximate surface area is 91.6 Å². The molecule has 1 nitrogen and oxygen atoms in total. The van der Waals surface area contributed by atoms with Gasteiger partial charge in [0, 0.05) is 18.2 Å². The summed E-state index contributed by atoms with van der Waals surface area (Å²) in [7, 11) is 0. The quantitative estimate of drug-likeness (QED) is 0.756. The highest BCUT2D eigenvalue weighted by Crippen LogP contribution is 2.21. The summed E-state index contributed by atoms with van der Waals surface area (Å²) in [5, 5.41) is 0.965. The van der Waals surface area contributed by atoms with Gasteiger partial charge in [0.05, 0.1) is 11.1 Å². The molecule has 1 atom stereocenters. The van der Waals surface area contributed by atoms with Crippen LogP contribution in [0.15, 0.2) is 23.2 Å². The fraction of sp³-hybridized carbons (Fsp3) is 0.364. The van der Waals surface area contributed by atoms with Crippen molar-refractivity contribution in [1.29, 1.82) is 0 Å². The van der Waals surface area contributed by atoms with E-state index in [4.69, 9.17) is 0 Å². The second kappa shape index (κ2) is 4.31. The number of thioether (sulfide) groups is 1. The van der Waals surface area contributed by atoms with E-state index in [0.717, 1.165) is 16.9 Å². The van der Waals surface area contributed by atoms with Gasteiger partial charge < -0.3 is 0 Å². The monoisotopic (exact) mass is 227 g/mol. The summed E-state index contributed by atoms with van der Waals surface area (Å²) in [6.45, 7) is 2.03. The average Bonchev–Trinajstić information content (AvgIpc) is 2.49. The predicted molar refractivity (Wildman–Crippen MR) is 59.4 cm³/mol. The number of nitrogens with zero attached hydrogens (tertiary/aromatic N) is 1. The van der Waals surface area contributed by atoms with E-state index in [-0.39, 0.29) is 0 Å². The van der Waals surface area contributed by atoms with Crippen molar-refractivity contribution in [1.82, 2.24) is 0 Å². The Morgan fingerprint density at radius 3 is 2.53 bits per heavy atom. The molecule has 2 rings (SSSR count). The van der Waals surface area contributed by atoms with Crippen LogP contribution in [0.5, 0.6) is 0 Å². The molecule has 1 aliphatic rings. The van der Waals surface area contributed by atoms with Crippen molar-refractivity contribution >= 4 is 16.8 Å². The third-order valence-corrected chi connectivity index (χ3v) is 3.37. The first kappa shape index (κ1) is 10.6. The molecule has 0 aliphatic carbocycles. The Balaban J connectivity index is 2.14. The maximum absolute atomic E-state index is 12.9. The van der Waals surface area contributed by atoms with Crippen LogP contribution in [-0.4, -0.2) is 16.8 Å². The van der Waals surface area contributed by atoms with Crippen LogP contribution in [0.25, 0.3) is 0 Å². The highest BCUT2D eigenvalue weighted by Gasteiger charge is 2.14. The van der Waals surface area contributed by atoms with Crippen LogP contribution in [-0.2, 0) is 6.42 Å². The van der Waals surface area contributed by atoms with Gasteiger partial charge in [-0.1, -0.05) is 0 Å². The first-order valence-electron chi connectivity index (χ1n) is 4.78. The zero-order valence-corrected chi connectivity index (χ0v) is 9.15. The molecule has 1 unspecified atom stereocenters. The highest BCUT2D eigenvalue weighted by molar-refractivity contribution is 8.14. The van der Waals surface area contributed by atoms with Gasteiger partial charge in [-0.2, -0.15) is 0 Å². The Kier molecular flexibility index (Phi) is 3.05. The van der Waals surface area contributed by atoms with Crippen LogP contribution >= 0.6 is 11.8 Å². The van der Waals surface area contributed by atoms with Gasteiger partial charge in [-0.25, -0.2) is 8.78 Å². The SMILES string of the molecule is CC1CSC(Cc2cc(F)cc(F)c2)=N1. The fourth-order valence-corrected chi connectivity index (χ4v) is 2.55. The molecule has 0 N–H and O–H groups in total. The molecule has 4 heteroatoms. The molecule has 0 radical (unpaired) electrons. The molecular formula is C11H11F2NS. The summed E-state index contributed by atoms with van der Waals surface area (Å²) in [4.78, 5) is 4.38. The minimum Gasteiger partial charge on any atom is -0.279 e. The van der Waals surface area contributed by atoms with Crippen LogP contribution in [0, 0.1) is 11.6 Å². The third kappa shape index (κ3) is 2.78. The maximum Gasteiger partial charge on any atom is 0.126 e. The largest absolute Gasteiger partial charge is 0.279 e. The molecule has 0 aromatic heterocycles. The predicted octanol–water partition coefficient (Wildman–Crippen LogP) is 3.04. The summed E-state index contributed by atoms with van der Waals surface area (Å²) in [5.41, 5.74) is 0.646. The van der Waals surface area contributed by atoms with E-state index in [1.807, 2.05) is 6.92 Å². The minimum atomic E-state index is -0.526. The molecule has 0 saturated carbocycles. The van der Waals surface area contributed by atoms with E-state index in [0.29, 0.717) is 18.0 Å². The van der Waals surface area contributed by atoms with E-state index in [1.54, 1.807) is 11.8 Å². The van der Waals surface area contributed by atoms with Crippen molar-refractivity contribution in [2.24, 2.45) is 4.99 Å². The summed E-state index contributed by atoms with van der Waals surface area (Å²) < 4.78 is 25.8. The van der Waals surface area contributed by atoms with E-state index in [1.165, 1.54) is 12.1 Å². The molecular weight excluding hydrogens is 216 g/mol. The van der Waals surface area contributed by atoms with Gasteiger partial charge in [-0.3, -0.25) is 4.99 Å². The Morgan fingerprint density at radius 2 is 2.00 bits per heavy atom. The number of benzene rings is 1. The fourth-order valence-electron chi connectivity index (χ4n) is 1.52. The smallest absolute Gasteiger partial charge is 0.126 e. The van der Waals surface area contributed by atoms with E-state index < -0.39 is 11.6 Å².